The van der Waals surface area contributed by atoms with Crippen LogP contribution in [0.4, 0.5) is 0 Å². The Morgan fingerprint density at radius 1 is 1.32 bits per heavy atom. The maximum atomic E-state index is 12.2. The molecular weight excluding hydrogens is 244 g/mol. The SMILES string of the molecule is COc1ccc(O)c(C(=O)CN2CCN(C)CC2)c1. The molecule has 19 heavy (non-hydrogen) atoms. The fraction of sp³-hybridized carbons (Fsp3) is 0.500. The molecule has 1 aliphatic heterocycles. The van der Waals surface area contributed by atoms with Gasteiger partial charge in [0.25, 0.3) is 0 Å². The van der Waals surface area contributed by atoms with Crippen molar-refractivity contribution in [2.24, 2.45) is 0 Å². The van der Waals surface area contributed by atoms with Gasteiger partial charge in [0, 0.05) is 26.2 Å². The Labute approximate surface area is 113 Å². The minimum Gasteiger partial charge on any atom is -0.507 e. The predicted molar refractivity (Wildman–Crippen MR) is 72.9 cm³/mol. The average molecular weight is 264 g/mol. The van der Waals surface area contributed by atoms with Gasteiger partial charge in [0.05, 0.1) is 19.2 Å². The molecule has 1 aromatic rings. The summed E-state index contributed by atoms with van der Waals surface area (Å²) in [5, 5.41) is 9.77. The highest BCUT2D eigenvalue weighted by molar-refractivity contribution is 6.00. The number of methoxy groups -OCH3 is 1. The van der Waals surface area contributed by atoms with E-state index in [0.29, 0.717) is 17.9 Å². The van der Waals surface area contributed by atoms with Crippen molar-refractivity contribution in [1.82, 2.24) is 9.80 Å². The van der Waals surface area contributed by atoms with Crippen molar-refractivity contribution in [2.75, 3.05) is 46.9 Å². The second-order valence-electron chi connectivity index (χ2n) is 4.89. The Morgan fingerprint density at radius 3 is 2.63 bits per heavy atom. The molecule has 0 aliphatic carbocycles. The Hall–Kier alpha value is -1.59. The molecule has 0 saturated carbocycles. The summed E-state index contributed by atoms with van der Waals surface area (Å²) in [6.07, 6.45) is 0. The van der Waals surface area contributed by atoms with Gasteiger partial charge in [-0.05, 0) is 25.2 Å². The van der Waals surface area contributed by atoms with Crippen molar-refractivity contribution in [1.29, 1.82) is 0 Å². The lowest BCUT2D eigenvalue weighted by molar-refractivity contribution is 0.0873. The lowest BCUT2D eigenvalue weighted by atomic mass is 10.1. The Bertz CT molecular complexity index is 454. The van der Waals surface area contributed by atoms with Crippen LogP contribution in [-0.4, -0.2) is 67.6 Å². The standard InChI is InChI=1S/C14H20N2O3/c1-15-5-7-16(8-6-15)10-14(18)12-9-11(19-2)3-4-13(12)17/h3-4,9,17H,5-8,10H2,1-2H3. The molecule has 0 unspecified atom stereocenters. The van der Waals surface area contributed by atoms with Crippen LogP contribution >= 0.6 is 0 Å². The number of carbonyl (C=O) groups is 1. The summed E-state index contributed by atoms with van der Waals surface area (Å²) in [7, 11) is 3.62. The molecule has 0 spiro atoms. The second kappa shape index (κ2) is 6.04. The number of phenols is 1. The first-order valence-electron chi connectivity index (χ1n) is 6.41. The van der Waals surface area contributed by atoms with Gasteiger partial charge in [-0.25, -0.2) is 0 Å². The van der Waals surface area contributed by atoms with Gasteiger partial charge in [-0.3, -0.25) is 9.69 Å². The third-order valence-corrected chi connectivity index (χ3v) is 3.47. The van der Waals surface area contributed by atoms with E-state index in [4.69, 9.17) is 4.74 Å². The zero-order valence-corrected chi connectivity index (χ0v) is 11.4. The van der Waals surface area contributed by atoms with Crippen molar-refractivity contribution < 1.29 is 14.6 Å². The second-order valence-corrected chi connectivity index (χ2v) is 4.89. The van der Waals surface area contributed by atoms with Gasteiger partial charge in [-0.1, -0.05) is 0 Å². The zero-order valence-electron chi connectivity index (χ0n) is 11.4. The summed E-state index contributed by atoms with van der Waals surface area (Å²) >= 11 is 0. The van der Waals surface area contributed by atoms with Gasteiger partial charge >= 0.3 is 0 Å². The third-order valence-electron chi connectivity index (χ3n) is 3.47. The van der Waals surface area contributed by atoms with E-state index in [1.807, 2.05) is 0 Å². The topological polar surface area (TPSA) is 53.0 Å². The number of rotatable bonds is 4. The van der Waals surface area contributed by atoms with E-state index in [9.17, 15) is 9.90 Å². The number of nitrogens with zero attached hydrogens (tertiary/aromatic N) is 2. The first kappa shape index (κ1) is 13.8. The van der Waals surface area contributed by atoms with Crippen LogP contribution in [0.5, 0.6) is 11.5 Å². The quantitative estimate of drug-likeness (QED) is 0.816. The molecule has 0 bridgehead atoms. The molecule has 1 heterocycles. The molecule has 104 valence electrons. The normalized spacial score (nSPS) is 17.4. The van der Waals surface area contributed by atoms with E-state index in [1.165, 1.54) is 6.07 Å². The zero-order chi connectivity index (χ0) is 13.8. The van der Waals surface area contributed by atoms with Crippen LogP contribution in [0.15, 0.2) is 18.2 Å². The average Bonchev–Trinajstić information content (AvgIpc) is 2.42. The number of likely N-dealkylation sites (N-methyl/N-ethyl adjacent to an activating group) is 1. The Balaban J connectivity index is 2.03. The molecule has 1 N–H and O–H groups in total. The molecule has 0 amide bonds. The van der Waals surface area contributed by atoms with Crippen LogP contribution in [0.2, 0.25) is 0 Å². The number of aromatic hydroxyl groups is 1. The van der Waals surface area contributed by atoms with Crippen molar-refractivity contribution in [3.05, 3.63) is 23.8 Å². The Morgan fingerprint density at radius 2 is 2.00 bits per heavy atom. The lowest BCUT2D eigenvalue weighted by Gasteiger charge is -2.31. The minimum atomic E-state index is -0.0686. The highest BCUT2D eigenvalue weighted by Crippen LogP contribution is 2.23. The van der Waals surface area contributed by atoms with E-state index in [1.54, 1.807) is 19.2 Å². The summed E-state index contributed by atoms with van der Waals surface area (Å²) in [4.78, 5) is 16.6. The summed E-state index contributed by atoms with van der Waals surface area (Å²) in [5.74, 6) is 0.528. The number of phenolic OH excluding ortho intramolecular Hbond substituents is 1. The maximum Gasteiger partial charge on any atom is 0.180 e. The number of piperazine rings is 1. The lowest BCUT2D eigenvalue weighted by Crippen LogP contribution is -2.46. The highest BCUT2D eigenvalue weighted by Gasteiger charge is 2.19. The number of hydrogen-bond acceptors (Lipinski definition) is 5. The molecule has 2 rings (SSSR count). The van der Waals surface area contributed by atoms with Gasteiger partial charge in [-0.15, -0.1) is 0 Å². The minimum absolute atomic E-state index is 0.0138. The van der Waals surface area contributed by atoms with Crippen LogP contribution in [0, 0.1) is 0 Å². The van der Waals surface area contributed by atoms with E-state index >= 15 is 0 Å². The van der Waals surface area contributed by atoms with Crippen molar-refractivity contribution in [2.45, 2.75) is 0 Å². The van der Waals surface area contributed by atoms with Crippen molar-refractivity contribution in [3.63, 3.8) is 0 Å². The fourth-order valence-electron chi connectivity index (χ4n) is 2.16. The molecule has 0 atom stereocenters. The largest absolute Gasteiger partial charge is 0.507 e. The molecular formula is C14H20N2O3. The molecule has 0 aromatic heterocycles. The number of Topliss-reactive ketones (excluding diaryl/α,β-unsaturated/α-hetero) is 1. The van der Waals surface area contributed by atoms with E-state index < -0.39 is 0 Å². The summed E-state index contributed by atoms with van der Waals surface area (Å²) in [5.41, 5.74) is 0.332. The monoisotopic (exact) mass is 264 g/mol. The number of ketones is 1. The van der Waals surface area contributed by atoms with Crippen LogP contribution in [0.25, 0.3) is 0 Å². The number of ether oxygens (including phenoxy) is 1. The van der Waals surface area contributed by atoms with Gasteiger partial charge in [-0.2, -0.15) is 0 Å². The highest BCUT2D eigenvalue weighted by atomic mass is 16.5. The van der Waals surface area contributed by atoms with Gasteiger partial charge < -0.3 is 14.7 Å². The van der Waals surface area contributed by atoms with Crippen LogP contribution in [0.1, 0.15) is 10.4 Å². The van der Waals surface area contributed by atoms with Crippen LogP contribution in [0.3, 0.4) is 0 Å². The summed E-state index contributed by atoms with van der Waals surface area (Å²) in [6, 6.07) is 4.73. The first-order valence-corrected chi connectivity index (χ1v) is 6.41. The van der Waals surface area contributed by atoms with Crippen molar-refractivity contribution in [3.8, 4) is 11.5 Å². The van der Waals surface area contributed by atoms with E-state index in [2.05, 4.69) is 16.8 Å². The molecule has 5 nitrogen and oxygen atoms in total. The molecule has 1 saturated heterocycles. The van der Waals surface area contributed by atoms with Gasteiger partial charge in [0.1, 0.15) is 11.5 Å². The molecule has 1 fully saturated rings. The number of benzene rings is 1. The number of carbonyl (C=O) groups excluding carboxylic acids is 1. The van der Waals surface area contributed by atoms with E-state index in [-0.39, 0.29) is 11.5 Å². The van der Waals surface area contributed by atoms with Crippen LogP contribution < -0.4 is 4.74 Å². The van der Waals surface area contributed by atoms with Gasteiger partial charge in [0.2, 0.25) is 0 Å². The molecule has 0 radical (unpaired) electrons. The fourth-order valence-corrected chi connectivity index (χ4v) is 2.16. The third kappa shape index (κ3) is 3.45. The molecule has 1 aromatic carbocycles. The van der Waals surface area contributed by atoms with E-state index in [0.717, 1.165) is 26.2 Å². The first-order chi connectivity index (χ1) is 9.10. The molecule has 5 heteroatoms. The van der Waals surface area contributed by atoms with Gasteiger partial charge in [0.15, 0.2) is 5.78 Å². The van der Waals surface area contributed by atoms with Crippen LogP contribution in [-0.2, 0) is 0 Å². The molecule has 1 aliphatic rings. The van der Waals surface area contributed by atoms with Crippen molar-refractivity contribution >= 4 is 5.78 Å². The predicted octanol–water partition coefficient (Wildman–Crippen LogP) is 0.831. The smallest absolute Gasteiger partial charge is 0.180 e. The number of hydrogen-bond donors (Lipinski definition) is 1. The summed E-state index contributed by atoms with van der Waals surface area (Å²) in [6.45, 7) is 4.04. The summed E-state index contributed by atoms with van der Waals surface area (Å²) < 4.78 is 5.08. The maximum absolute atomic E-state index is 12.2. The Kier molecular flexibility index (Phi) is 4.39.